The lowest BCUT2D eigenvalue weighted by Crippen LogP contribution is -2.51. The van der Waals surface area contributed by atoms with Crippen LogP contribution in [-0.4, -0.2) is 62.0 Å². The van der Waals surface area contributed by atoms with Gasteiger partial charge in [-0.15, -0.1) is 0 Å². The van der Waals surface area contributed by atoms with Crippen LogP contribution >= 0.6 is 11.6 Å². The van der Waals surface area contributed by atoms with Crippen LogP contribution in [0.3, 0.4) is 0 Å². The van der Waals surface area contributed by atoms with Gasteiger partial charge in [0, 0.05) is 38.0 Å². The van der Waals surface area contributed by atoms with Crippen LogP contribution in [0.4, 0.5) is 22.9 Å². The van der Waals surface area contributed by atoms with Gasteiger partial charge in [-0.1, -0.05) is 11.6 Å². The SMILES string of the molecule is CC1=C2NOC(Nc3cnc(N4CCN(C)CC4)c(Cl)c3)(N=C1)N2c1ccc2c(c1)NCO2. The number of rotatable bonds is 4. The lowest BCUT2D eigenvalue weighted by atomic mass is 10.2. The molecule has 5 heterocycles. The van der Waals surface area contributed by atoms with Gasteiger partial charge < -0.3 is 25.2 Å². The molecule has 10 nitrogen and oxygen atoms in total. The van der Waals surface area contributed by atoms with Crippen molar-refractivity contribution in [1.82, 2.24) is 15.4 Å². The van der Waals surface area contributed by atoms with Crippen LogP contribution in [0.5, 0.6) is 5.75 Å². The minimum Gasteiger partial charge on any atom is -0.471 e. The molecule has 1 aromatic heterocycles. The van der Waals surface area contributed by atoms with Crippen molar-refractivity contribution in [3.05, 3.63) is 46.9 Å². The molecule has 33 heavy (non-hydrogen) atoms. The van der Waals surface area contributed by atoms with E-state index in [1.54, 1.807) is 12.4 Å². The summed E-state index contributed by atoms with van der Waals surface area (Å²) in [4.78, 5) is 21.9. The Hall–Kier alpha value is -3.21. The van der Waals surface area contributed by atoms with Crippen molar-refractivity contribution in [2.24, 2.45) is 4.99 Å². The molecule has 0 radical (unpaired) electrons. The zero-order valence-electron chi connectivity index (χ0n) is 18.4. The van der Waals surface area contributed by atoms with Crippen LogP contribution in [-0.2, 0) is 4.84 Å². The highest BCUT2D eigenvalue weighted by atomic mass is 35.5. The number of fused-ring (bicyclic) bond motifs is 3. The van der Waals surface area contributed by atoms with Crippen molar-refractivity contribution in [2.45, 2.75) is 12.9 Å². The highest BCUT2D eigenvalue weighted by molar-refractivity contribution is 6.33. The van der Waals surface area contributed by atoms with Crippen molar-refractivity contribution in [3.63, 3.8) is 0 Å². The molecule has 1 unspecified atom stereocenters. The highest BCUT2D eigenvalue weighted by Gasteiger charge is 2.49. The molecule has 6 rings (SSSR count). The molecule has 4 aliphatic rings. The fourth-order valence-electron chi connectivity index (χ4n) is 4.42. The smallest absolute Gasteiger partial charge is 0.351 e. The largest absolute Gasteiger partial charge is 0.471 e. The molecule has 3 N–H and O–H groups in total. The summed E-state index contributed by atoms with van der Waals surface area (Å²) in [6, 6.07) is 7.81. The van der Waals surface area contributed by atoms with Gasteiger partial charge in [0.2, 0.25) is 0 Å². The number of benzene rings is 1. The molecule has 1 atom stereocenters. The Morgan fingerprint density at radius 2 is 2.03 bits per heavy atom. The number of hydrogen-bond acceptors (Lipinski definition) is 10. The fraction of sp³-hybridized carbons (Fsp3) is 0.364. The first-order valence-corrected chi connectivity index (χ1v) is 11.3. The number of aliphatic imine (C=N–C) groups is 1. The standard InChI is InChI=1S/C22H25ClN8O2/c1-14-11-26-22(27-15-9-17(23)21(24-12-15)30-7-5-29(2)6-8-30)31(20(14)28-33-22)16-3-4-19-18(10-16)25-13-32-19/h3-4,9-12,25,27-28H,5-8,13H2,1-2H3. The fourth-order valence-corrected chi connectivity index (χ4v) is 4.70. The molecule has 2 bridgehead atoms. The molecular weight excluding hydrogens is 444 g/mol. The number of anilines is 4. The number of nitrogens with one attached hydrogen (secondary N) is 3. The molecule has 0 amide bonds. The minimum absolute atomic E-state index is 0.459. The van der Waals surface area contributed by atoms with E-state index in [9.17, 15) is 0 Å². The second kappa shape index (κ2) is 7.68. The molecule has 2 aromatic rings. The maximum Gasteiger partial charge on any atom is 0.351 e. The Bertz CT molecular complexity index is 1160. The third-order valence-corrected chi connectivity index (χ3v) is 6.54. The zero-order valence-corrected chi connectivity index (χ0v) is 19.2. The van der Waals surface area contributed by atoms with E-state index in [0.717, 1.165) is 60.5 Å². The Morgan fingerprint density at radius 1 is 1.18 bits per heavy atom. The molecule has 1 aromatic carbocycles. The summed E-state index contributed by atoms with van der Waals surface area (Å²) in [5.74, 6) is 1.21. The Morgan fingerprint density at radius 3 is 2.85 bits per heavy atom. The number of allylic oxidation sites excluding steroid dienone is 1. The van der Waals surface area contributed by atoms with Gasteiger partial charge in [0.1, 0.15) is 17.4 Å². The van der Waals surface area contributed by atoms with E-state index in [1.165, 1.54) is 0 Å². The number of nitrogens with zero attached hydrogens (tertiary/aromatic N) is 5. The van der Waals surface area contributed by atoms with Crippen LogP contribution in [0.15, 0.2) is 46.8 Å². The van der Waals surface area contributed by atoms with E-state index in [-0.39, 0.29) is 0 Å². The van der Waals surface area contributed by atoms with E-state index in [1.807, 2.05) is 36.1 Å². The Kier molecular flexibility index (Phi) is 4.75. The normalized spacial score (nSPS) is 23.8. The highest BCUT2D eigenvalue weighted by Crippen LogP contribution is 2.42. The molecule has 0 aliphatic carbocycles. The summed E-state index contributed by atoms with van der Waals surface area (Å²) >= 11 is 6.66. The summed E-state index contributed by atoms with van der Waals surface area (Å²) in [5, 5.41) is 7.20. The van der Waals surface area contributed by atoms with Gasteiger partial charge in [0.25, 0.3) is 0 Å². The van der Waals surface area contributed by atoms with Crippen molar-refractivity contribution < 1.29 is 9.57 Å². The van der Waals surface area contributed by atoms with E-state index in [0.29, 0.717) is 17.4 Å². The average molecular weight is 469 g/mol. The maximum atomic E-state index is 6.66. The minimum atomic E-state index is -1.22. The monoisotopic (exact) mass is 468 g/mol. The zero-order chi connectivity index (χ0) is 22.6. The summed E-state index contributed by atoms with van der Waals surface area (Å²) in [7, 11) is 2.12. The van der Waals surface area contributed by atoms with E-state index in [2.05, 4.69) is 37.9 Å². The molecule has 172 valence electrons. The quantitative estimate of drug-likeness (QED) is 0.626. The number of hydroxylamine groups is 1. The summed E-state index contributed by atoms with van der Waals surface area (Å²) < 4.78 is 5.57. The lowest BCUT2D eigenvalue weighted by molar-refractivity contribution is -0.0214. The van der Waals surface area contributed by atoms with E-state index in [4.69, 9.17) is 26.2 Å². The summed E-state index contributed by atoms with van der Waals surface area (Å²) in [5.41, 5.74) is 6.50. The van der Waals surface area contributed by atoms with Gasteiger partial charge in [-0.05, 0) is 38.2 Å². The van der Waals surface area contributed by atoms with Gasteiger partial charge in [0.05, 0.1) is 28.3 Å². The molecule has 0 saturated carbocycles. The number of pyridine rings is 1. The number of ether oxygens (including phenoxy) is 1. The first-order chi connectivity index (χ1) is 16.0. The van der Waals surface area contributed by atoms with Crippen LogP contribution in [0.25, 0.3) is 0 Å². The summed E-state index contributed by atoms with van der Waals surface area (Å²) in [6.45, 7) is 6.21. The van der Waals surface area contributed by atoms with E-state index < -0.39 is 5.97 Å². The molecule has 11 heteroatoms. The van der Waals surface area contributed by atoms with Gasteiger partial charge in [-0.25, -0.2) is 20.3 Å². The Labute approximate surface area is 196 Å². The van der Waals surface area contributed by atoms with E-state index >= 15 is 0 Å². The molecular formula is C22H25ClN8O2. The second-order valence-corrected chi connectivity index (χ2v) is 8.94. The van der Waals surface area contributed by atoms with Gasteiger partial charge in [-0.3, -0.25) is 4.90 Å². The van der Waals surface area contributed by atoms with Gasteiger partial charge in [-0.2, -0.15) is 0 Å². The number of piperazine rings is 1. The predicted octanol–water partition coefficient (Wildman–Crippen LogP) is 2.63. The topological polar surface area (TPSA) is 89.5 Å². The number of hydrogen-bond donors (Lipinski definition) is 3. The van der Waals surface area contributed by atoms with Crippen LogP contribution < -0.4 is 30.7 Å². The Balaban J connectivity index is 1.31. The van der Waals surface area contributed by atoms with Crippen molar-refractivity contribution in [3.8, 4) is 5.75 Å². The first kappa shape index (κ1) is 20.4. The first-order valence-electron chi connectivity index (χ1n) is 10.9. The van der Waals surface area contributed by atoms with Crippen molar-refractivity contribution in [1.29, 1.82) is 0 Å². The molecule has 0 spiro atoms. The predicted molar refractivity (Wildman–Crippen MR) is 129 cm³/mol. The molecule has 2 saturated heterocycles. The lowest BCUT2D eigenvalue weighted by Gasteiger charge is -2.36. The van der Waals surface area contributed by atoms with Gasteiger partial charge >= 0.3 is 5.97 Å². The average Bonchev–Trinajstić information content (AvgIpc) is 3.39. The van der Waals surface area contributed by atoms with Crippen LogP contribution in [0, 0.1) is 0 Å². The van der Waals surface area contributed by atoms with Gasteiger partial charge in [0.15, 0.2) is 6.73 Å². The second-order valence-electron chi connectivity index (χ2n) is 8.53. The van der Waals surface area contributed by atoms with Crippen LogP contribution in [0.1, 0.15) is 6.92 Å². The maximum absolute atomic E-state index is 6.66. The molecule has 4 aliphatic heterocycles. The third-order valence-electron chi connectivity index (χ3n) is 6.27. The van der Waals surface area contributed by atoms with Crippen molar-refractivity contribution in [2.75, 3.05) is 60.4 Å². The molecule has 2 fully saturated rings. The number of likely N-dealkylation sites (N-methyl/N-ethyl adjacent to an activating group) is 1. The third kappa shape index (κ3) is 3.41. The number of aromatic nitrogens is 1. The summed E-state index contributed by atoms with van der Waals surface area (Å²) in [6.07, 6.45) is 3.56. The number of halogens is 1. The van der Waals surface area contributed by atoms with Crippen LogP contribution in [0.2, 0.25) is 5.02 Å². The van der Waals surface area contributed by atoms with Crippen molar-refractivity contribution >= 4 is 40.7 Å².